The fourth-order valence-corrected chi connectivity index (χ4v) is 4.25. The van der Waals surface area contributed by atoms with E-state index < -0.39 is 0 Å². The lowest BCUT2D eigenvalue weighted by molar-refractivity contribution is -0.115. The van der Waals surface area contributed by atoms with E-state index in [4.69, 9.17) is 0 Å². The molecule has 1 aromatic heterocycles. The van der Waals surface area contributed by atoms with Crippen LogP contribution in [0, 0.1) is 13.8 Å². The molecule has 1 fully saturated rings. The van der Waals surface area contributed by atoms with Gasteiger partial charge >= 0.3 is 0 Å². The zero-order valence-electron chi connectivity index (χ0n) is 17.1. The van der Waals surface area contributed by atoms with Gasteiger partial charge in [-0.15, -0.1) is 10.2 Å². The molecule has 150 valence electrons. The van der Waals surface area contributed by atoms with Gasteiger partial charge in [0.15, 0.2) is 5.16 Å². The van der Waals surface area contributed by atoms with Gasteiger partial charge in [0.05, 0.1) is 11.8 Å². The summed E-state index contributed by atoms with van der Waals surface area (Å²) in [6, 6.07) is 16.4. The van der Waals surface area contributed by atoms with Crippen LogP contribution in [0.1, 0.15) is 48.2 Å². The van der Waals surface area contributed by atoms with Gasteiger partial charge in [0.1, 0.15) is 5.82 Å². The largest absolute Gasteiger partial charge is 0.325 e. The monoisotopic (exact) mass is 406 g/mol. The number of hydrogen-bond acceptors (Lipinski definition) is 4. The number of aromatic nitrogens is 3. The summed E-state index contributed by atoms with van der Waals surface area (Å²) >= 11 is 1.47. The van der Waals surface area contributed by atoms with Gasteiger partial charge in [0, 0.05) is 11.6 Å². The average molecular weight is 407 g/mol. The molecule has 1 N–H and O–H groups in total. The molecule has 0 spiro atoms. The Balaban J connectivity index is 1.52. The SMILES string of the molecule is Cc1cccc(C)c1NC(=O)[C@@H](C)Sc1nnc(C2CC2)n1Cc1ccccc1. The Morgan fingerprint density at radius 2 is 1.79 bits per heavy atom. The van der Waals surface area contributed by atoms with Gasteiger partial charge in [-0.1, -0.05) is 60.3 Å². The number of carbonyl (C=O) groups excluding carboxylic acids is 1. The standard InChI is InChI=1S/C23H26N4OS/c1-15-8-7-9-16(2)20(15)24-22(28)17(3)29-23-26-25-21(19-12-13-19)27(23)14-18-10-5-4-6-11-18/h4-11,17,19H,12-14H2,1-3H3,(H,24,28)/t17-/m1/s1. The van der Waals surface area contributed by atoms with E-state index in [2.05, 4.69) is 32.2 Å². The van der Waals surface area contributed by atoms with Gasteiger partial charge in [-0.05, 0) is 50.3 Å². The first kappa shape index (κ1) is 19.7. The first-order chi connectivity index (χ1) is 14.0. The molecule has 1 aliphatic rings. The number of anilines is 1. The first-order valence-corrected chi connectivity index (χ1v) is 10.9. The van der Waals surface area contributed by atoms with Gasteiger partial charge in [0.25, 0.3) is 0 Å². The Labute approximate surface area is 175 Å². The summed E-state index contributed by atoms with van der Waals surface area (Å²) in [5, 5.41) is 12.5. The normalized spacial score (nSPS) is 14.6. The molecule has 1 amide bonds. The highest BCUT2D eigenvalue weighted by Gasteiger charge is 2.31. The molecule has 2 aromatic carbocycles. The van der Waals surface area contributed by atoms with E-state index in [9.17, 15) is 4.79 Å². The van der Waals surface area contributed by atoms with Crippen LogP contribution >= 0.6 is 11.8 Å². The molecule has 1 saturated carbocycles. The van der Waals surface area contributed by atoms with E-state index in [1.54, 1.807) is 0 Å². The smallest absolute Gasteiger partial charge is 0.237 e. The van der Waals surface area contributed by atoms with Crippen LogP contribution in [0.3, 0.4) is 0 Å². The molecule has 4 rings (SSSR count). The third kappa shape index (κ3) is 4.53. The lowest BCUT2D eigenvalue weighted by Crippen LogP contribution is -2.24. The van der Waals surface area contributed by atoms with Crippen molar-refractivity contribution in [3.8, 4) is 0 Å². The second kappa shape index (κ2) is 8.41. The lowest BCUT2D eigenvalue weighted by Gasteiger charge is -2.16. The minimum atomic E-state index is -0.278. The fraction of sp³-hybridized carbons (Fsp3) is 0.348. The van der Waals surface area contributed by atoms with Crippen LogP contribution in [0.2, 0.25) is 0 Å². The van der Waals surface area contributed by atoms with E-state index in [1.807, 2.05) is 57.2 Å². The summed E-state index contributed by atoms with van der Waals surface area (Å²) in [5.41, 5.74) is 4.25. The molecule has 0 saturated heterocycles. The molecule has 3 aromatic rings. The molecule has 0 unspecified atom stereocenters. The molecule has 0 bridgehead atoms. The van der Waals surface area contributed by atoms with Gasteiger partial charge < -0.3 is 9.88 Å². The molecule has 29 heavy (non-hydrogen) atoms. The quantitative estimate of drug-likeness (QED) is 0.565. The van der Waals surface area contributed by atoms with E-state index >= 15 is 0 Å². The number of benzene rings is 2. The van der Waals surface area contributed by atoms with Crippen molar-refractivity contribution in [1.29, 1.82) is 0 Å². The highest BCUT2D eigenvalue weighted by molar-refractivity contribution is 8.00. The van der Waals surface area contributed by atoms with E-state index in [0.29, 0.717) is 5.92 Å². The van der Waals surface area contributed by atoms with Crippen molar-refractivity contribution in [2.45, 2.75) is 56.5 Å². The van der Waals surface area contributed by atoms with Crippen molar-refractivity contribution in [2.24, 2.45) is 0 Å². The number of rotatable bonds is 7. The summed E-state index contributed by atoms with van der Waals surface area (Å²) < 4.78 is 2.18. The second-order valence-corrected chi connectivity index (χ2v) is 9.01. The molecule has 6 heteroatoms. The Hall–Kier alpha value is -2.60. The van der Waals surface area contributed by atoms with Crippen LogP contribution in [-0.4, -0.2) is 25.9 Å². The predicted octanol–water partition coefficient (Wildman–Crippen LogP) is 4.94. The minimum Gasteiger partial charge on any atom is -0.325 e. The zero-order chi connectivity index (χ0) is 20.4. The van der Waals surface area contributed by atoms with Crippen LogP contribution in [0.5, 0.6) is 0 Å². The van der Waals surface area contributed by atoms with E-state index in [0.717, 1.165) is 34.3 Å². The van der Waals surface area contributed by atoms with Gasteiger partial charge in [-0.2, -0.15) is 0 Å². The summed E-state index contributed by atoms with van der Waals surface area (Å²) in [7, 11) is 0. The highest BCUT2D eigenvalue weighted by atomic mass is 32.2. The van der Waals surface area contributed by atoms with Crippen molar-refractivity contribution in [1.82, 2.24) is 14.8 Å². The minimum absolute atomic E-state index is 0.0189. The molecule has 0 aliphatic heterocycles. The molecule has 1 atom stereocenters. The summed E-state index contributed by atoms with van der Waals surface area (Å²) in [4.78, 5) is 12.9. The zero-order valence-corrected chi connectivity index (χ0v) is 17.9. The van der Waals surface area contributed by atoms with Crippen molar-refractivity contribution in [3.05, 3.63) is 71.0 Å². The molecule has 1 aliphatic carbocycles. The number of aryl methyl sites for hydroxylation is 2. The molecule has 0 radical (unpaired) electrons. The maximum absolute atomic E-state index is 12.9. The Morgan fingerprint density at radius 3 is 2.45 bits per heavy atom. The Bertz CT molecular complexity index is 991. The van der Waals surface area contributed by atoms with Gasteiger partial charge in [0.2, 0.25) is 5.91 Å². The number of hydrogen-bond donors (Lipinski definition) is 1. The molecule has 5 nitrogen and oxygen atoms in total. The second-order valence-electron chi connectivity index (χ2n) is 7.70. The maximum Gasteiger partial charge on any atom is 0.237 e. The number of amides is 1. The van der Waals surface area contributed by atoms with Crippen LogP contribution < -0.4 is 5.32 Å². The van der Waals surface area contributed by atoms with Crippen LogP contribution in [0.25, 0.3) is 0 Å². The summed E-state index contributed by atoms with van der Waals surface area (Å²) in [6.07, 6.45) is 2.33. The van der Waals surface area contributed by atoms with Crippen molar-refractivity contribution >= 4 is 23.4 Å². The topological polar surface area (TPSA) is 59.8 Å². The predicted molar refractivity (Wildman–Crippen MR) is 117 cm³/mol. The van der Waals surface area contributed by atoms with Crippen LogP contribution in [0.15, 0.2) is 53.7 Å². The van der Waals surface area contributed by atoms with E-state index in [1.165, 1.54) is 30.2 Å². The van der Waals surface area contributed by atoms with Crippen molar-refractivity contribution in [3.63, 3.8) is 0 Å². The van der Waals surface area contributed by atoms with Crippen LogP contribution in [-0.2, 0) is 11.3 Å². The number of thioether (sulfide) groups is 1. The average Bonchev–Trinajstić information content (AvgIpc) is 3.49. The van der Waals surface area contributed by atoms with Crippen LogP contribution in [0.4, 0.5) is 5.69 Å². The molecular formula is C23H26N4OS. The first-order valence-electron chi connectivity index (χ1n) is 10.0. The van der Waals surface area contributed by atoms with Gasteiger partial charge in [-0.25, -0.2) is 0 Å². The summed E-state index contributed by atoms with van der Waals surface area (Å²) in [6.45, 7) is 6.68. The number of nitrogens with one attached hydrogen (secondary N) is 1. The number of carbonyl (C=O) groups is 1. The lowest BCUT2D eigenvalue weighted by atomic mass is 10.1. The number of nitrogens with zero attached hydrogens (tertiary/aromatic N) is 3. The van der Waals surface area contributed by atoms with Crippen molar-refractivity contribution in [2.75, 3.05) is 5.32 Å². The Morgan fingerprint density at radius 1 is 1.10 bits per heavy atom. The third-order valence-electron chi connectivity index (χ3n) is 5.25. The Kier molecular flexibility index (Phi) is 5.72. The summed E-state index contributed by atoms with van der Waals surface area (Å²) in [5.74, 6) is 1.52. The van der Waals surface area contributed by atoms with Crippen molar-refractivity contribution < 1.29 is 4.79 Å². The molecular weight excluding hydrogens is 380 g/mol. The maximum atomic E-state index is 12.9. The van der Waals surface area contributed by atoms with E-state index in [-0.39, 0.29) is 11.2 Å². The number of para-hydroxylation sites is 1. The molecule has 1 heterocycles. The third-order valence-corrected chi connectivity index (χ3v) is 6.33. The fourth-order valence-electron chi connectivity index (χ4n) is 3.39. The van der Waals surface area contributed by atoms with Gasteiger partial charge in [-0.3, -0.25) is 4.79 Å². The highest BCUT2D eigenvalue weighted by Crippen LogP contribution is 2.40.